The number of nitrogens with one attached hydrogen (secondary N) is 1. The molecule has 0 aliphatic carbocycles. The number of rotatable bonds is 6. The van der Waals surface area contributed by atoms with Crippen LogP contribution in [0.5, 0.6) is 5.75 Å². The van der Waals surface area contributed by atoms with Gasteiger partial charge in [-0.2, -0.15) is 0 Å². The van der Waals surface area contributed by atoms with E-state index >= 15 is 0 Å². The second-order valence-electron chi connectivity index (χ2n) is 6.06. The van der Waals surface area contributed by atoms with Crippen LogP contribution >= 0.6 is 23.4 Å². The van der Waals surface area contributed by atoms with Crippen LogP contribution in [0.1, 0.15) is 24.8 Å². The quantitative estimate of drug-likeness (QED) is 0.723. The zero-order valence-corrected chi connectivity index (χ0v) is 16.7. The molecule has 3 rings (SSSR count). The molecule has 0 spiro atoms. The number of anilines is 2. The first kappa shape index (κ1) is 19.6. The zero-order chi connectivity index (χ0) is 19.4. The number of para-hydroxylation sites is 2. The lowest BCUT2D eigenvalue weighted by molar-refractivity contribution is -0.116. The van der Waals surface area contributed by atoms with Crippen molar-refractivity contribution in [1.29, 1.82) is 0 Å². The molecule has 2 atom stereocenters. The Bertz CT molecular complexity index is 843. The number of carbonyl (C=O) groups is 2. The summed E-state index contributed by atoms with van der Waals surface area (Å²) in [6.07, 6.45) is 0. The minimum atomic E-state index is -0.620. The molecule has 1 heterocycles. The summed E-state index contributed by atoms with van der Waals surface area (Å²) in [6, 6.07) is 15.0. The fourth-order valence-electron chi connectivity index (χ4n) is 2.88. The molecule has 0 unspecified atom stereocenters. The van der Waals surface area contributed by atoms with E-state index in [2.05, 4.69) is 5.32 Å². The molecule has 5 nitrogen and oxygen atoms in total. The standard InChI is InChI=1S/C20H21ClN2O3S/c1-3-26-17-10-5-4-9-16(17)23-18(24)12-27-20(23)14-7-6-8-15(11-14)22-19(25)13(2)21/h4-11,13,20H,3,12H2,1-2H3,(H,22,25)/t13-,20-/m0/s1. The highest BCUT2D eigenvalue weighted by atomic mass is 35.5. The highest BCUT2D eigenvalue weighted by Crippen LogP contribution is 2.45. The Labute approximate surface area is 168 Å². The summed E-state index contributed by atoms with van der Waals surface area (Å²) in [6.45, 7) is 4.06. The van der Waals surface area contributed by atoms with Gasteiger partial charge in [0.2, 0.25) is 11.8 Å². The summed E-state index contributed by atoms with van der Waals surface area (Å²) in [4.78, 5) is 26.3. The van der Waals surface area contributed by atoms with Crippen LogP contribution in [0.25, 0.3) is 0 Å². The SMILES string of the molecule is CCOc1ccccc1N1C(=O)CS[C@H]1c1cccc(NC(=O)[C@H](C)Cl)c1. The van der Waals surface area contributed by atoms with Crippen LogP contribution < -0.4 is 15.0 Å². The number of benzene rings is 2. The maximum atomic E-state index is 12.6. The third kappa shape index (κ3) is 4.39. The van der Waals surface area contributed by atoms with Crippen molar-refractivity contribution in [1.82, 2.24) is 0 Å². The summed E-state index contributed by atoms with van der Waals surface area (Å²) in [5.41, 5.74) is 2.34. The van der Waals surface area contributed by atoms with Gasteiger partial charge in [0.1, 0.15) is 16.5 Å². The predicted molar refractivity (Wildman–Crippen MR) is 111 cm³/mol. The summed E-state index contributed by atoms with van der Waals surface area (Å²) < 4.78 is 5.71. The van der Waals surface area contributed by atoms with Gasteiger partial charge in [-0.05, 0) is 43.7 Å². The van der Waals surface area contributed by atoms with E-state index in [-0.39, 0.29) is 17.2 Å². The maximum absolute atomic E-state index is 12.6. The van der Waals surface area contributed by atoms with E-state index in [9.17, 15) is 9.59 Å². The van der Waals surface area contributed by atoms with Crippen molar-refractivity contribution in [2.45, 2.75) is 24.6 Å². The molecule has 0 aromatic heterocycles. The number of nitrogens with zero attached hydrogens (tertiary/aromatic N) is 1. The van der Waals surface area contributed by atoms with E-state index in [1.807, 2.05) is 49.4 Å². The van der Waals surface area contributed by atoms with Crippen LogP contribution in [0.2, 0.25) is 0 Å². The Kier molecular flexibility index (Phi) is 6.29. The highest BCUT2D eigenvalue weighted by Gasteiger charge is 2.35. The number of hydrogen-bond acceptors (Lipinski definition) is 4. The van der Waals surface area contributed by atoms with Gasteiger partial charge in [-0.15, -0.1) is 23.4 Å². The number of thioether (sulfide) groups is 1. The number of halogens is 1. The molecule has 0 radical (unpaired) electrons. The van der Waals surface area contributed by atoms with Gasteiger partial charge in [0.25, 0.3) is 0 Å². The first-order chi connectivity index (χ1) is 13.0. The molecular formula is C20H21ClN2O3S. The topological polar surface area (TPSA) is 58.6 Å². The predicted octanol–water partition coefficient (Wildman–Crippen LogP) is 4.43. The lowest BCUT2D eigenvalue weighted by atomic mass is 10.1. The summed E-state index contributed by atoms with van der Waals surface area (Å²) in [5.74, 6) is 0.838. The number of carbonyl (C=O) groups excluding carboxylic acids is 2. The molecule has 2 amide bonds. The molecule has 1 aliphatic rings. The smallest absolute Gasteiger partial charge is 0.242 e. The minimum absolute atomic E-state index is 0.0287. The van der Waals surface area contributed by atoms with Gasteiger partial charge in [0, 0.05) is 5.69 Å². The van der Waals surface area contributed by atoms with Crippen molar-refractivity contribution in [3.63, 3.8) is 0 Å². The summed E-state index contributed by atoms with van der Waals surface area (Å²) in [7, 11) is 0. The Morgan fingerprint density at radius 3 is 2.85 bits per heavy atom. The van der Waals surface area contributed by atoms with Crippen molar-refractivity contribution in [2.24, 2.45) is 0 Å². The largest absolute Gasteiger partial charge is 0.492 e. The van der Waals surface area contributed by atoms with Crippen molar-refractivity contribution >= 4 is 46.6 Å². The zero-order valence-electron chi connectivity index (χ0n) is 15.1. The van der Waals surface area contributed by atoms with Crippen LogP contribution in [0.3, 0.4) is 0 Å². The van der Waals surface area contributed by atoms with Crippen LogP contribution in [-0.2, 0) is 9.59 Å². The van der Waals surface area contributed by atoms with Crippen LogP contribution in [0.4, 0.5) is 11.4 Å². The average Bonchev–Trinajstić information content (AvgIpc) is 3.04. The highest BCUT2D eigenvalue weighted by molar-refractivity contribution is 8.00. The van der Waals surface area contributed by atoms with Crippen LogP contribution in [-0.4, -0.2) is 29.6 Å². The monoisotopic (exact) mass is 404 g/mol. The number of alkyl halides is 1. The molecule has 7 heteroatoms. The van der Waals surface area contributed by atoms with Gasteiger partial charge < -0.3 is 10.1 Å². The van der Waals surface area contributed by atoms with Gasteiger partial charge >= 0.3 is 0 Å². The number of amides is 2. The molecule has 1 saturated heterocycles. The molecule has 142 valence electrons. The molecule has 27 heavy (non-hydrogen) atoms. The van der Waals surface area contributed by atoms with E-state index in [1.54, 1.807) is 29.7 Å². The van der Waals surface area contributed by atoms with Gasteiger partial charge in [-0.3, -0.25) is 14.5 Å². The van der Waals surface area contributed by atoms with Crippen molar-refractivity contribution < 1.29 is 14.3 Å². The third-order valence-electron chi connectivity index (χ3n) is 4.09. The fraction of sp³-hybridized carbons (Fsp3) is 0.300. The number of ether oxygens (including phenoxy) is 1. The fourth-order valence-corrected chi connectivity index (χ4v) is 4.09. The molecule has 0 saturated carbocycles. The Balaban J connectivity index is 1.92. The molecule has 1 aliphatic heterocycles. The Hall–Kier alpha value is -2.18. The van der Waals surface area contributed by atoms with E-state index < -0.39 is 5.38 Å². The van der Waals surface area contributed by atoms with E-state index in [0.29, 0.717) is 23.8 Å². The second kappa shape index (κ2) is 8.67. The normalized spacial score (nSPS) is 17.7. The van der Waals surface area contributed by atoms with Gasteiger partial charge in [0.05, 0.1) is 18.0 Å². The summed E-state index contributed by atoms with van der Waals surface area (Å²) in [5, 5.41) is 1.98. The van der Waals surface area contributed by atoms with Crippen LogP contribution in [0.15, 0.2) is 48.5 Å². The molecule has 2 aromatic rings. The minimum Gasteiger partial charge on any atom is -0.492 e. The summed E-state index contributed by atoms with van der Waals surface area (Å²) >= 11 is 7.38. The van der Waals surface area contributed by atoms with Crippen molar-refractivity contribution in [2.75, 3.05) is 22.6 Å². The lowest BCUT2D eigenvalue weighted by Crippen LogP contribution is -2.28. The molecule has 1 N–H and O–H groups in total. The average molecular weight is 405 g/mol. The molecule has 0 bridgehead atoms. The van der Waals surface area contributed by atoms with Crippen molar-refractivity contribution in [3.8, 4) is 5.75 Å². The van der Waals surface area contributed by atoms with Gasteiger partial charge in [-0.25, -0.2) is 0 Å². The first-order valence-corrected chi connectivity index (χ1v) is 10.2. The van der Waals surface area contributed by atoms with E-state index in [1.165, 1.54) is 0 Å². The van der Waals surface area contributed by atoms with Crippen LogP contribution in [0, 0.1) is 0 Å². The van der Waals surface area contributed by atoms with E-state index in [4.69, 9.17) is 16.3 Å². The Morgan fingerprint density at radius 2 is 2.11 bits per heavy atom. The molecule has 2 aromatic carbocycles. The first-order valence-electron chi connectivity index (χ1n) is 8.71. The second-order valence-corrected chi connectivity index (χ2v) is 7.78. The maximum Gasteiger partial charge on any atom is 0.242 e. The number of hydrogen-bond donors (Lipinski definition) is 1. The van der Waals surface area contributed by atoms with Gasteiger partial charge in [-0.1, -0.05) is 24.3 Å². The van der Waals surface area contributed by atoms with Crippen molar-refractivity contribution in [3.05, 3.63) is 54.1 Å². The third-order valence-corrected chi connectivity index (χ3v) is 5.50. The molecule has 1 fully saturated rings. The van der Waals surface area contributed by atoms with Gasteiger partial charge in [0.15, 0.2) is 0 Å². The van der Waals surface area contributed by atoms with E-state index in [0.717, 1.165) is 11.3 Å². The Morgan fingerprint density at radius 1 is 1.33 bits per heavy atom. The molecular weight excluding hydrogens is 384 g/mol. The lowest BCUT2D eigenvalue weighted by Gasteiger charge is -2.26.